The second kappa shape index (κ2) is 11.0. The van der Waals surface area contributed by atoms with E-state index in [1.54, 1.807) is 27.5 Å². The van der Waals surface area contributed by atoms with E-state index in [9.17, 15) is 19.2 Å². The summed E-state index contributed by atoms with van der Waals surface area (Å²) in [6, 6.07) is -0.282. The summed E-state index contributed by atoms with van der Waals surface area (Å²) in [6.07, 6.45) is 0.0790. The van der Waals surface area contributed by atoms with Gasteiger partial charge in [-0.25, -0.2) is 14.8 Å². The summed E-state index contributed by atoms with van der Waals surface area (Å²) in [5, 5.41) is 9.61. The molecule has 11 nitrogen and oxygen atoms in total. The van der Waals surface area contributed by atoms with Crippen LogP contribution in [0.4, 0.5) is 15.1 Å². The van der Waals surface area contributed by atoms with Crippen LogP contribution in [0.25, 0.3) is 0 Å². The van der Waals surface area contributed by atoms with E-state index in [4.69, 9.17) is 4.74 Å². The molecule has 1 saturated heterocycles. The first-order valence-electron chi connectivity index (χ1n) is 9.99. The number of carbonyl (C=O) groups excluding carboxylic acids is 4. The van der Waals surface area contributed by atoms with Crippen molar-refractivity contribution in [2.75, 3.05) is 43.4 Å². The third kappa shape index (κ3) is 6.72. The molecule has 0 atom stereocenters. The number of ether oxygens (including phenoxy) is 1. The number of nitrogens with one attached hydrogen (secondary N) is 2. The van der Waals surface area contributed by atoms with Gasteiger partial charge >= 0.3 is 12.0 Å². The molecule has 32 heavy (non-hydrogen) atoms. The number of rotatable bonds is 7. The molecule has 13 heteroatoms. The van der Waals surface area contributed by atoms with Crippen LogP contribution < -0.4 is 10.6 Å². The van der Waals surface area contributed by atoms with Gasteiger partial charge in [0, 0.05) is 43.9 Å². The van der Waals surface area contributed by atoms with Gasteiger partial charge in [0.2, 0.25) is 11.8 Å². The van der Waals surface area contributed by atoms with Crippen molar-refractivity contribution in [1.29, 1.82) is 0 Å². The van der Waals surface area contributed by atoms with Gasteiger partial charge in [-0.05, 0) is 6.92 Å². The van der Waals surface area contributed by atoms with Crippen LogP contribution in [0.5, 0.6) is 0 Å². The fourth-order valence-electron chi connectivity index (χ4n) is 2.97. The van der Waals surface area contributed by atoms with Gasteiger partial charge in [-0.1, -0.05) is 0 Å². The van der Waals surface area contributed by atoms with Crippen molar-refractivity contribution < 1.29 is 23.9 Å². The number of amides is 4. The highest BCUT2D eigenvalue weighted by Gasteiger charge is 2.23. The lowest BCUT2D eigenvalue weighted by molar-refractivity contribution is -0.142. The van der Waals surface area contributed by atoms with Crippen molar-refractivity contribution in [3.63, 3.8) is 0 Å². The summed E-state index contributed by atoms with van der Waals surface area (Å²) in [5.41, 5.74) is 1.05. The Bertz CT molecular complexity index is 983. The standard InChI is InChI=1S/C19H24N6O5S2/c1-3-30-16(28)9-14-11-31-17(21-14)22-15(27)8-13-10-32-18(20-13)23-19(29)25-6-4-24(5-7-25)12(2)26/h10-11H,3-9H2,1-2H3,(H,20,23,29)(H,21,22,27). The predicted molar refractivity (Wildman–Crippen MR) is 120 cm³/mol. The minimum Gasteiger partial charge on any atom is -0.466 e. The number of hydrogen-bond acceptors (Lipinski definition) is 9. The van der Waals surface area contributed by atoms with Gasteiger partial charge in [0.05, 0.1) is 30.8 Å². The second-order valence-corrected chi connectivity index (χ2v) is 8.63. The van der Waals surface area contributed by atoms with Crippen molar-refractivity contribution in [3.05, 3.63) is 22.1 Å². The summed E-state index contributed by atoms with van der Waals surface area (Å²) in [4.78, 5) is 59.4. The first-order valence-corrected chi connectivity index (χ1v) is 11.8. The Morgan fingerprint density at radius 2 is 1.50 bits per heavy atom. The highest BCUT2D eigenvalue weighted by Crippen LogP contribution is 2.19. The van der Waals surface area contributed by atoms with Crippen LogP contribution in [0.3, 0.4) is 0 Å². The third-order valence-corrected chi connectivity index (χ3v) is 6.16. The van der Waals surface area contributed by atoms with Crippen molar-refractivity contribution in [2.24, 2.45) is 0 Å². The van der Waals surface area contributed by atoms with Gasteiger partial charge in [0.25, 0.3) is 0 Å². The molecule has 2 N–H and O–H groups in total. The van der Waals surface area contributed by atoms with E-state index in [1.807, 2.05) is 0 Å². The molecule has 0 saturated carbocycles. The van der Waals surface area contributed by atoms with E-state index >= 15 is 0 Å². The minimum atomic E-state index is -0.367. The Balaban J connectivity index is 1.45. The molecule has 0 aliphatic carbocycles. The zero-order valence-electron chi connectivity index (χ0n) is 17.8. The molecule has 0 aromatic carbocycles. The Morgan fingerprint density at radius 1 is 0.938 bits per heavy atom. The molecule has 4 amide bonds. The van der Waals surface area contributed by atoms with Crippen molar-refractivity contribution in [1.82, 2.24) is 19.8 Å². The van der Waals surface area contributed by atoms with E-state index in [-0.39, 0.29) is 36.7 Å². The molecule has 3 rings (SSSR count). The number of thiazole rings is 2. The SMILES string of the molecule is CCOC(=O)Cc1csc(NC(=O)Cc2csc(NC(=O)N3CCN(C(C)=O)CC3)n2)n1. The molecule has 2 aromatic rings. The number of aromatic nitrogens is 2. The number of nitrogens with zero attached hydrogens (tertiary/aromatic N) is 4. The van der Waals surface area contributed by atoms with Crippen molar-refractivity contribution >= 4 is 56.8 Å². The fraction of sp³-hybridized carbons (Fsp3) is 0.474. The van der Waals surface area contributed by atoms with E-state index in [2.05, 4.69) is 20.6 Å². The molecule has 0 radical (unpaired) electrons. The average molecular weight is 481 g/mol. The number of anilines is 2. The van der Waals surface area contributed by atoms with Gasteiger partial charge in [0.1, 0.15) is 0 Å². The number of piperazine rings is 1. The first kappa shape index (κ1) is 23.6. The summed E-state index contributed by atoms with van der Waals surface area (Å²) in [5.74, 6) is -0.667. The molecule has 0 unspecified atom stereocenters. The topological polar surface area (TPSA) is 134 Å². The number of urea groups is 1. The quantitative estimate of drug-likeness (QED) is 0.575. The Hall–Kier alpha value is -3.06. The zero-order chi connectivity index (χ0) is 23.1. The molecule has 1 aliphatic rings. The molecular formula is C19H24N6O5S2. The minimum absolute atomic E-state index is 0.000806. The molecule has 1 fully saturated rings. The zero-order valence-corrected chi connectivity index (χ0v) is 19.4. The maximum atomic E-state index is 12.4. The Morgan fingerprint density at radius 3 is 2.09 bits per heavy atom. The normalized spacial score (nSPS) is 13.6. The van der Waals surface area contributed by atoms with Crippen molar-refractivity contribution in [2.45, 2.75) is 26.7 Å². The van der Waals surface area contributed by atoms with Gasteiger partial charge in [-0.15, -0.1) is 22.7 Å². The van der Waals surface area contributed by atoms with Gasteiger partial charge < -0.3 is 19.9 Å². The van der Waals surface area contributed by atoms with E-state index < -0.39 is 0 Å². The average Bonchev–Trinajstić information content (AvgIpc) is 3.37. The van der Waals surface area contributed by atoms with Crippen LogP contribution in [-0.4, -0.2) is 76.4 Å². The molecule has 0 bridgehead atoms. The molecular weight excluding hydrogens is 456 g/mol. The van der Waals surface area contributed by atoms with Crippen LogP contribution in [0, 0.1) is 0 Å². The van der Waals surface area contributed by atoms with E-state index in [1.165, 1.54) is 29.6 Å². The summed E-state index contributed by atoms with van der Waals surface area (Å²) in [7, 11) is 0. The largest absolute Gasteiger partial charge is 0.466 e. The summed E-state index contributed by atoms with van der Waals surface area (Å²) < 4.78 is 4.88. The number of carbonyl (C=O) groups is 4. The van der Waals surface area contributed by atoms with E-state index in [0.29, 0.717) is 54.4 Å². The lowest BCUT2D eigenvalue weighted by Crippen LogP contribution is -2.51. The highest BCUT2D eigenvalue weighted by molar-refractivity contribution is 7.14. The molecule has 0 spiro atoms. The number of esters is 1. The number of hydrogen-bond donors (Lipinski definition) is 2. The smallest absolute Gasteiger partial charge is 0.323 e. The van der Waals surface area contributed by atoms with Crippen LogP contribution in [-0.2, 0) is 32.0 Å². The second-order valence-electron chi connectivity index (χ2n) is 6.92. The predicted octanol–water partition coefficient (Wildman–Crippen LogP) is 1.58. The Kier molecular flexibility index (Phi) is 8.11. The lowest BCUT2D eigenvalue weighted by atomic mass is 10.3. The third-order valence-electron chi connectivity index (χ3n) is 4.55. The lowest BCUT2D eigenvalue weighted by Gasteiger charge is -2.33. The van der Waals surface area contributed by atoms with Crippen molar-refractivity contribution in [3.8, 4) is 0 Å². The molecule has 172 valence electrons. The highest BCUT2D eigenvalue weighted by atomic mass is 32.1. The summed E-state index contributed by atoms with van der Waals surface area (Å²) >= 11 is 2.46. The van der Waals surface area contributed by atoms with E-state index in [0.717, 1.165) is 0 Å². The van der Waals surface area contributed by atoms with Gasteiger partial charge in [0.15, 0.2) is 10.3 Å². The first-order chi connectivity index (χ1) is 15.3. The van der Waals surface area contributed by atoms with Crippen LogP contribution in [0.1, 0.15) is 25.2 Å². The van der Waals surface area contributed by atoms with Crippen LogP contribution in [0.2, 0.25) is 0 Å². The Labute approximate surface area is 192 Å². The van der Waals surface area contributed by atoms with Gasteiger partial charge in [-0.3, -0.25) is 19.7 Å². The maximum Gasteiger partial charge on any atom is 0.323 e. The summed E-state index contributed by atoms with van der Waals surface area (Å²) in [6.45, 7) is 5.47. The monoisotopic (exact) mass is 480 g/mol. The van der Waals surface area contributed by atoms with Gasteiger partial charge in [-0.2, -0.15) is 0 Å². The molecule has 3 heterocycles. The fourth-order valence-corrected chi connectivity index (χ4v) is 4.40. The maximum absolute atomic E-state index is 12.4. The van der Waals surface area contributed by atoms with Crippen LogP contribution >= 0.6 is 22.7 Å². The molecule has 2 aromatic heterocycles. The molecule has 1 aliphatic heterocycles. The van der Waals surface area contributed by atoms with Crippen LogP contribution in [0.15, 0.2) is 10.8 Å².